The fourth-order valence-corrected chi connectivity index (χ4v) is 1.56. The normalized spacial score (nSPS) is 9.92. The molecule has 0 spiro atoms. The summed E-state index contributed by atoms with van der Waals surface area (Å²) in [7, 11) is 0. The van der Waals surface area contributed by atoms with E-state index >= 15 is 0 Å². The molecule has 0 aliphatic carbocycles. The Labute approximate surface area is 81.3 Å². The largest absolute Gasteiger partial charge is 0.298 e. The molecule has 12 heavy (non-hydrogen) atoms. The van der Waals surface area contributed by atoms with Gasteiger partial charge in [0.1, 0.15) is 6.29 Å². The first kappa shape index (κ1) is 9.56. The maximum Gasteiger partial charge on any atom is 0.150 e. The first-order valence-corrected chi connectivity index (χ1v) is 4.38. The van der Waals surface area contributed by atoms with Gasteiger partial charge in [0.2, 0.25) is 0 Å². The van der Waals surface area contributed by atoms with E-state index in [4.69, 9.17) is 23.2 Å². The van der Waals surface area contributed by atoms with E-state index in [1.165, 1.54) is 0 Å². The Morgan fingerprint density at radius 2 is 2.08 bits per heavy atom. The summed E-state index contributed by atoms with van der Waals surface area (Å²) in [6, 6.07) is 3.31. The van der Waals surface area contributed by atoms with E-state index in [1.807, 2.05) is 6.92 Å². The molecule has 3 heteroatoms. The number of carbonyl (C=O) groups excluding carboxylic acids is 1. The molecule has 0 saturated heterocycles. The van der Waals surface area contributed by atoms with Crippen LogP contribution in [0.25, 0.3) is 0 Å². The number of carbonyl (C=O) groups is 1. The molecule has 1 nitrogen and oxygen atoms in total. The smallest absolute Gasteiger partial charge is 0.150 e. The van der Waals surface area contributed by atoms with Crippen LogP contribution in [0.1, 0.15) is 22.8 Å². The average Bonchev–Trinajstić information content (AvgIpc) is 2.09. The van der Waals surface area contributed by atoms with Gasteiger partial charge in [-0.3, -0.25) is 4.79 Å². The highest BCUT2D eigenvalue weighted by Crippen LogP contribution is 2.28. The van der Waals surface area contributed by atoms with E-state index in [9.17, 15) is 4.79 Å². The summed E-state index contributed by atoms with van der Waals surface area (Å²) < 4.78 is 0. The van der Waals surface area contributed by atoms with Crippen molar-refractivity contribution in [3.05, 3.63) is 33.3 Å². The minimum Gasteiger partial charge on any atom is -0.298 e. The lowest BCUT2D eigenvalue weighted by Gasteiger charge is -2.05. The van der Waals surface area contributed by atoms with Gasteiger partial charge in [-0.2, -0.15) is 0 Å². The predicted octanol–water partition coefficient (Wildman–Crippen LogP) is 3.37. The summed E-state index contributed by atoms with van der Waals surface area (Å²) in [5.74, 6) is 0. The Hall–Kier alpha value is -0.530. The van der Waals surface area contributed by atoms with Crippen LogP contribution in [0.2, 0.25) is 10.0 Å². The number of aldehydes is 1. The number of halogens is 2. The van der Waals surface area contributed by atoms with Crippen LogP contribution in [0.15, 0.2) is 12.1 Å². The summed E-state index contributed by atoms with van der Waals surface area (Å²) in [5, 5.41) is 0.989. The topological polar surface area (TPSA) is 17.1 Å². The van der Waals surface area contributed by atoms with Gasteiger partial charge in [-0.25, -0.2) is 0 Å². The van der Waals surface area contributed by atoms with Crippen LogP contribution in [-0.4, -0.2) is 6.29 Å². The molecule has 1 rings (SSSR count). The minimum absolute atomic E-state index is 0.490. The monoisotopic (exact) mass is 202 g/mol. The van der Waals surface area contributed by atoms with Crippen molar-refractivity contribution in [2.24, 2.45) is 0 Å². The maximum absolute atomic E-state index is 10.5. The fraction of sp³-hybridized carbons (Fsp3) is 0.222. The first-order chi connectivity index (χ1) is 5.70. The molecular formula is C9H8Cl2O. The lowest BCUT2D eigenvalue weighted by molar-refractivity contribution is 0.112. The maximum atomic E-state index is 10.5. The van der Waals surface area contributed by atoms with Crippen molar-refractivity contribution in [2.45, 2.75) is 13.3 Å². The molecule has 0 N–H and O–H groups in total. The van der Waals surface area contributed by atoms with Crippen molar-refractivity contribution in [1.82, 2.24) is 0 Å². The van der Waals surface area contributed by atoms with E-state index in [1.54, 1.807) is 12.1 Å². The van der Waals surface area contributed by atoms with Crippen LogP contribution in [-0.2, 0) is 6.42 Å². The van der Waals surface area contributed by atoms with Gasteiger partial charge in [-0.1, -0.05) is 30.1 Å². The fourth-order valence-electron chi connectivity index (χ4n) is 1.08. The molecule has 0 radical (unpaired) electrons. The Bertz CT molecular complexity index is 308. The number of benzene rings is 1. The van der Waals surface area contributed by atoms with E-state index < -0.39 is 0 Å². The molecule has 0 bridgehead atoms. The predicted molar refractivity (Wildman–Crippen MR) is 51.2 cm³/mol. The summed E-state index contributed by atoms with van der Waals surface area (Å²) in [4.78, 5) is 10.5. The summed E-state index contributed by atoms with van der Waals surface area (Å²) >= 11 is 11.7. The van der Waals surface area contributed by atoms with Crippen LogP contribution >= 0.6 is 23.2 Å². The summed E-state index contributed by atoms with van der Waals surface area (Å²) in [6.45, 7) is 1.94. The zero-order chi connectivity index (χ0) is 9.14. The van der Waals surface area contributed by atoms with Crippen LogP contribution in [0.5, 0.6) is 0 Å². The molecule has 1 aromatic rings. The lowest BCUT2D eigenvalue weighted by Crippen LogP contribution is -1.92. The van der Waals surface area contributed by atoms with Gasteiger partial charge < -0.3 is 0 Å². The Kier molecular flexibility index (Phi) is 3.12. The van der Waals surface area contributed by atoms with Gasteiger partial charge in [0.15, 0.2) is 0 Å². The molecule has 1 aromatic carbocycles. The summed E-state index contributed by atoms with van der Waals surface area (Å²) in [5.41, 5.74) is 1.44. The molecule has 0 amide bonds. The molecule has 0 aromatic heterocycles. The Balaban J connectivity index is 3.35. The standard InChI is InChI=1S/C9H8Cl2O/c1-2-7-6(5-12)3-4-8(10)9(7)11/h3-5H,2H2,1H3. The van der Waals surface area contributed by atoms with E-state index in [-0.39, 0.29) is 0 Å². The third-order valence-corrected chi connectivity index (χ3v) is 2.56. The number of hydrogen-bond donors (Lipinski definition) is 0. The quantitative estimate of drug-likeness (QED) is 0.673. The molecule has 64 valence electrons. The SMILES string of the molecule is CCc1c(C=O)ccc(Cl)c1Cl. The van der Waals surface area contributed by atoms with Gasteiger partial charge in [0.05, 0.1) is 10.0 Å². The van der Waals surface area contributed by atoms with Crippen molar-refractivity contribution < 1.29 is 4.79 Å². The average molecular weight is 203 g/mol. The molecule has 0 fully saturated rings. The third-order valence-electron chi connectivity index (χ3n) is 1.71. The molecule has 0 saturated carbocycles. The van der Waals surface area contributed by atoms with Gasteiger partial charge in [-0.05, 0) is 24.1 Å². The second-order valence-electron chi connectivity index (χ2n) is 2.40. The highest BCUT2D eigenvalue weighted by molar-refractivity contribution is 6.42. The molecule has 0 unspecified atom stereocenters. The lowest BCUT2D eigenvalue weighted by atomic mass is 10.1. The van der Waals surface area contributed by atoms with Crippen LogP contribution in [0.4, 0.5) is 0 Å². The van der Waals surface area contributed by atoms with Crippen molar-refractivity contribution in [3.63, 3.8) is 0 Å². The molecule has 0 heterocycles. The summed E-state index contributed by atoms with van der Waals surface area (Å²) in [6.07, 6.45) is 1.51. The molecular weight excluding hydrogens is 195 g/mol. The van der Waals surface area contributed by atoms with Crippen LogP contribution in [0.3, 0.4) is 0 Å². The second-order valence-corrected chi connectivity index (χ2v) is 3.19. The van der Waals surface area contributed by atoms with Crippen molar-refractivity contribution in [2.75, 3.05) is 0 Å². The highest BCUT2D eigenvalue weighted by Gasteiger charge is 2.07. The molecule has 0 aliphatic rings. The molecule has 0 aliphatic heterocycles. The minimum atomic E-state index is 0.490. The van der Waals surface area contributed by atoms with Crippen LogP contribution in [0, 0.1) is 0 Å². The van der Waals surface area contributed by atoms with Gasteiger partial charge in [0.25, 0.3) is 0 Å². The van der Waals surface area contributed by atoms with Crippen molar-refractivity contribution in [3.8, 4) is 0 Å². The van der Waals surface area contributed by atoms with Crippen molar-refractivity contribution >= 4 is 29.5 Å². The zero-order valence-electron chi connectivity index (χ0n) is 6.60. The van der Waals surface area contributed by atoms with Gasteiger partial charge in [0, 0.05) is 5.56 Å². The third kappa shape index (κ3) is 1.62. The Morgan fingerprint density at radius 3 is 2.58 bits per heavy atom. The highest BCUT2D eigenvalue weighted by atomic mass is 35.5. The molecule has 0 atom stereocenters. The number of hydrogen-bond acceptors (Lipinski definition) is 1. The number of rotatable bonds is 2. The van der Waals surface area contributed by atoms with Crippen molar-refractivity contribution in [1.29, 1.82) is 0 Å². The van der Waals surface area contributed by atoms with E-state index in [0.29, 0.717) is 22.0 Å². The van der Waals surface area contributed by atoms with Crippen LogP contribution < -0.4 is 0 Å². The second kappa shape index (κ2) is 3.92. The first-order valence-electron chi connectivity index (χ1n) is 3.62. The van der Waals surface area contributed by atoms with Gasteiger partial charge >= 0.3 is 0 Å². The zero-order valence-corrected chi connectivity index (χ0v) is 8.12. The van der Waals surface area contributed by atoms with E-state index in [0.717, 1.165) is 11.8 Å². The Morgan fingerprint density at radius 1 is 1.42 bits per heavy atom. The van der Waals surface area contributed by atoms with E-state index in [2.05, 4.69) is 0 Å². The van der Waals surface area contributed by atoms with Gasteiger partial charge in [-0.15, -0.1) is 0 Å².